The standard InChI is InChI=1S/C23H22N2O3/c1-18(19-12-6-4-7-13-19)22(27)24-16-10-2-3-11-17-25-23(28)21(26)20-14-8-5-9-15-20/h4-9,12-15,18,21,26H,16-17H2,1H3,(H,24,27)(H,25,28)/t18-,21-/m0/s1. The van der Waals surface area contributed by atoms with Crippen LogP contribution in [0.1, 0.15) is 30.1 Å². The molecule has 0 saturated carbocycles. The Balaban J connectivity index is 1.69. The molecule has 2 amide bonds. The Morgan fingerprint density at radius 1 is 0.821 bits per heavy atom. The van der Waals surface area contributed by atoms with E-state index in [9.17, 15) is 14.7 Å². The summed E-state index contributed by atoms with van der Waals surface area (Å²) in [6.07, 6.45) is -1.23. The van der Waals surface area contributed by atoms with Crippen molar-refractivity contribution >= 4 is 11.8 Å². The van der Waals surface area contributed by atoms with Crippen LogP contribution in [0.25, 0.3) is 0 Å². The lowest BCUT2D eigenvalue weighted by molar-refractivity contribution is -0.129. The highest BCUT2D eigenvalue weighted by Gasteiger charge is 2.15. The second-order valence-electron chi connectivity index (χ2n) is 5.98. The van der Waals surface area contributed by atoms with Gasteiger partial charge in [0.15, 0.2) is 6.10 Å². The van der Waals surface area contributed by atoms with Crippen molar-refractivity contribution < 1.29 is 14.7 Å². The molecule has 0 saturated heterocycles. The SMILES string of the molecule is C[C@H](C(=O)NCC#CC#CCNC(=O)[C@@H](O)c1ccccc1)c1ccccc1. The van der Waals surface area contributed by atoms with Gasteiger partial charge in [-0.25, -0.2) is 0 Å². The van der Waals surface area contributed by atoms with E-state index in [1.54, 1.807) is 24.3 Å². The number of benzene rings is 2. The van der Waals surface area contributed by atoms with Crippen molar-refractivity contribution in [3.63, 3.8) is 0 Å². The third kappa shape index (κ3) is 6.64. The quantitative estimate of drug-likeness (QED) is 0.675. The number of rotatable bonds is 6. The van der Waals surface area contributed by atoms with Gasteiger partial charge in [-0.1, -0.05) is 72.5 Å². The maximum absolute atomic E-state index is 12.0. The fourth-order valence-corrected chi connectivity index (χ4v) is 2.37. The van der Waals surface area contributed by atoms with E-state index in [1.807, 2.05) is 43.3 Å². The van der Waals surface area contributed by atoms with Gasteiger partial charge in [0.2, 0.25) is 5.91 Å². The molecule has 2 aromatic rings. The highest BCUT2D eigenvalue weighted by atomic mass is 16.3. The van der Waals surface area contributed by atoms with E-state index in [-0.39, 0.29) is 24.9 Å². The molecule has 0 aliphatic carbocycles. The van der Waals surface area contributed by atoms with Crippen LogP contribution < -0.4 is 10.6 Å². The zero-order chi connectivity index (χ0) is 20.2. The molecular weight excluding hydrogens is 352 g/mol. The summed E-state index contributed by atoms with van der Waals surface area (Å²) in [5, 5.41) is 15.2. The summed E-state index contributed by atoms with van der Waals surface area (Å²) >= 11 is 0. The molecule has 2 rings (SSSR count). The molecule has 5 heteroatoms. The minimum Gasteiger partial charge on any atom is -0.378 e. The minimum atomic E-state index is -1.23. The summed E-state index contributed by atoms with van der Waals surface area (Å²) in [5.41, 5.74) is 1.47. The first-order valence-electron chi connectivity index (χ1n) is 8.88. The van der Waals surface area contributed by atoms with E-state index in [2.05, 4.69) is 34.3 Å². The van der Waals surface area contributed by atoms with Gasteiger partial charge in [-0.3, -0.25) is 9.59 Å². The fourth-order valence-electron chi connectivity index (χ4n) is 2.37. The molecule has 3 N–H and O–H groups in total. The second kappa shape index (κ2) is 11.2. The minimum absolute atomic E-state index is 0.0782. The molecule has 142 valence electrons. The maximum Gasteiger partial charge on any atom is 0.254 e. The largest absolute Gasteiger partial charge is 0.378 e. The first-order valence-corrected chi connectivity index (χ1v) is 8.88. The van der Waals surface area contributed by atoms with Crippen LogP contribution in [-0.4, -0.2) is 30.0 Å². The van der Waals surface area contributed by atoms with Gasteiger partial charge in [-0.2, -0.15) is 0 Å². The predicted octanol–water partition coefficient (Wildman–Crippen LogP) is 1.76. The lowest BCUT2D eigenvalue weighted by Gasteiger charge is -2.10. The number of carbonyl (C=O) groups excluding carboxylic acids is 2. The van der Waals surface area contributed by atoms with Gasteiger partial charge in [0.1, 0.15) is 0 Å². The normalized spacial score (nSPS) is 11.6. The van der Waals surface area contributed by atoms with Crippen LogP contribution in [0, 0.1) is 23.7 Å². The number of nitrogens with one attached hydrogen (secondary N) is 2. The van der Waals surface area contributed by atoms with Gasteiger partial charge in [0.05, 0.1) is 19.0 Å². The average Bonchev–Trinajstić information content (AvgIpc) is 2.75. The summed E-state index contributed by atoms with van der Waals surface area (Å²) < 4.78 is 0. The van der Waals surface area contributed by atoms with Crippen molar-refractivity contribution in [2.75, 3.05) is 13.1 Å². The van der Waals surface area contributed by atoms with E-state index < -0.39 is 12.0 Å². The average molecular weight is 374 g/mol. The Labute approximate surface area is 165 Å². The van der Waals surface area contributed by atoms with Gasteiger partial charge in [0.25, 0.3) is 5.91 Å². The monoisotopic (exact) mass is 374 g/mol. The summed E-state index contributed by atoms with van der Waals surface area (Å²) in [6, 6.07) is 18.2. The molecule has 5 nitrogen and oxygen atoms in total. The first kappa shape index (κ1) is 20.8. The first-order chi connectivity index (χ1) is 13.6. The molecular formula is C23H22N2O3. The maximum atomic E-state index is 12.0. The lowest BCUT2D eigenvalue weighted by Crippen LogP contribution is -2.29. The van der Waals surface area contributed by atoms with Crippen LogP contribution in [0.4, 0.5) is 0 Å². The fraction of sp³-hybridized carbons (Fsp3) is 0.217. The Morgan fingerprint density at radius 2 is 1.29 bits per heavy atom. The highest BCUT2D eigenvalue weighted by molar-refractivity contribution is 5.83. The molecule has 0 unspecified atom stereocenters. The van der Waals surface area contributed by atoms with E-state index in [0.29, 0.717) is 5.56 Å². The molecule has 0 aromatic heterocycles. The summed E-state index contributed by atoms with van der Waals surface area (Å²) in [7, 11) is 0. The smallest absolute Gasteiger partial charge is 0.254 e. The molecule has 0 fully saturated rings. The van der Waals surface area contributed by atoms with E-state index >= 15 is 0 Å². The van der Waals surface area contributed by atoms with Crippen molar-refractivity contribution in [1.29, 1.82) is 0 Å². The third-order valence-corrected chi connectivity index (χ3v) is 4.00. The van der Waals surface area contributed by atoms with Gasteiger partial charge in [-0.05, 0) is 29.9 Å². The number of amides is 2. The van der Waals surface area contributed by atoms with Gasteiger partial charge in [-0.15, -0.1) is 0 Å². The molecule has 28 heavy (non-hydrogen) atoms. The number of hydrogen-bond acceptors (Lipinski definition) is 3. The number of carbonyl (C=O) groups is 2. The summed E-state index contributed by atoms with van der Waals surface area (Å²) in [5.74, 6) is 9.76. The van der Waals surface area contributed by atoms with Crippen LogP contribution in [-0.2, 0) is 9.59 Å². The summed E-state index contributed by atoms with van der Waals surface area (Å²) in [6.45, 7) is 2.11. The van der Waals surface area contributed by atoms with E-state index in [4.69, 9.17) is 0 Å². The third-order valence-electron chi connectivity index (χ3n) is 4.00. The van der Waals surface area contributed by atoms with Gasteiger partial charge >= 0.3 is 0 Å². The Bertz CT molecular complexity index is 825. The molecule has 0 heterocycles. The molecule has 0 bridgehead atoms. The topological polar surface area (TPSA) is 78.4 Å². The molecule has 0 radical (unpaired) electrons. The Kier molecular flexibility index (Phi) is 8.33. The van der Waals surface area contributed by atoms with E-state index in [1.165, 1.54) is 0 Å². The van der Waals surface area contributed by atoms with Gasteiger partial charge in [0, 0.05) is 0 Å². The summed E-state index contributed by atoms with van der Waals surface area (Å²) in [4.78, 5) is 23.9. The molecule has 2 atom stereocenters. The van der Waals surface area contributed by atoms with Crippen LogP contribution in [0.15, 0.2) is 60.7 Å². The molecule has 0 aliphatic heterocycles. The zero-order valence-electron chi connectivity index (χ0n) is 15.6. The van der Waals surface area contributed by atoms with Crippen molar-refractivity contribution in [2.45, 2.75) is 18.9 Å². The van der Waals surface area contributed by atoms with Crippen LogP contribution in [0.5, 0.6) is 0 Å². The second-order valence-corrected chi connectivity index (χ2v) is 5.98. The van der Waals surface area contributed by atoms with Crippen LogP contribution >= 0.6 is 0 Å². The molecule has 0 aliphatic rings. The number of hydrogen-bond donors (Lipinski definition) is 3. The zero-order valence-corrected chi connectivity index (χ0v) is 15.6. The Hall–Kier alpha value is -3.54. The van der Waals surface area contributed by atoms with Crippen molar-refractivity contribution in [3.05, 3.63) is 71.8 Å². The Morgan fingerprint density at radius 3 is 1.82 bits per heavy atom. The highest BCUT2D eigenvalue weighted by Crippen LogP contribution is 2.14. The van der Waals surface area contributed by atoms with Crippen molar-refractivity contribution in [1.82, 2.24) is 10.6 Å². The molecule has 2 aromatic carbocycles. The van der Waals surface area contributed by atoms with E-state index in [0.717, 1.165) is 5.56 Å². The number of aliphatic hydroxyl groups excluding tert-OH is 1. The predicted molar refractivity (Wildman–Crippen MR) is 108 cm³/mol. The van der Waals surface area contributed by atoms with Crippen molar-refractivity contribution in [2.24, 2.45) is 0 Å². The lowest BCUT2D eigenvalue weighted by atomic mass is 10.0. The van der Waals surface area contributed by atoms with Crippen LogP contribution in [0.3, 0.4) is 0 Å². The van der Waals surface area contributed by atoms with Crippen LogP contribution in [0.2, 0.25) is 0 Å². The van der Waals surface area contributed by atoms with Gasteiger partial charge < -0.3 is 15.7 Å². The van der Waals surface area contributed by atoms with Crippen molar-refractivity contribution in [3.8, 4) is 23.7 Å². The number of aliphatic hydroxyl groups is 1. The molecule has 0 spiro atoms.